The molecule has 1 amide bonds. The summed E-state index contributed by atoms with van der Waals surface area (Å²) in [6, 6.07) is 4.31. The molecule has 0 radical (unpaired) electrons. The van der Waals surface area contributed by atoms with Crippen molar-refractivity contribution < 1.29 is 9.72 Å². The molecule has 1 aromatic carbocycles. The van der Waals surface area contributed by atoms with Crippen LogP contribution in [0.3, 0.4) is 0 Å². The number of unbranched alkanes of at least 4 members (excludes halogenated alkanes) is 1. The first-order valence-corrected chi connectivity index (χ1v) is 6.73. The molecule has 1 atom stereocenters. The van der Waals surface area contributed by atoms with Crippen molar-refractivity contribution in [2.45, 2.75) is 45.7 Å². The topological polar surface area (TPSA) is 98.3 Å². The molecule has 0 spiro atoms. The maximum atomic E-state index is 11.8. The smallest absolute Gasteiger partial charge is 0.272 e. The molecule has 0 aliphatic rings. The summed E-state index contributed by atoms with van der Waals surface area (Å²) in [5, 5.41) is 13.6. The van der Waals surface area contributed by atoms with E-state index in [1.807, 2.05) is 6.92 Å². The number of carbonyl (C=O) groups is 1. The van der Waals surface area contributed by atoms with Gasteiger partial charge in [-0.3, -0.25) is 14.9 Å². The Labute approximate surface area is 118 Å². The first kappa shape index (κ1) is 16.1. The zero-order valence-electron chi connectivity index (χ0n) is 11.9. The Kier molecular flexibility index (Phi) is 6.11. The van der Waals surface area contributed by atoms with Gasteiger partial charge in [-0.15, -0.1) is 0 Å². The molecule has 1 unspecified atom stereocenters. The molecule has 1 rings (SSSR count). The predicted molar refractivity (Wildman–Crippen MR) is 77.2 cm³/mol. The summed E-state index contributed by atoms with van der Waals surface area (Å²) in [6.45, 7) is 3.97. The highest BCUT2D eigenvalue weighted by Crippen LogP contribution is 2.20. The molecule has 0 aliphatic heterocycles. The van der Waals surface area contributed by atoms with Gasteiger partial charge in [-0.1, -0.05) is 31.9 Å². The Hall–Kier alpha value is -1.95. The number of benzene rings is 1. The van der Waals surface area contributed by atoms with Gasteiger partial charge in [0.05, 0.1) is 11.0 Å². The second-order valence-corrected chi connectivity index (χ2v) is 4.78. The second kappa shape index (κ2) is 7.59. The van der Waals surface area contributed by atoms with Crippen LogP contribution in [0.25, 0.3) is 0 Å². The molecule has 0 fully saturated rings. The number of rotatable bonds is 7. The Morgan fingerprint density at radius 3 is 2.80 bits per heavy atom. The highest BCUT2D eigenvalue weighted by molar-refractivity contribution is 5.81. The minimum Gasteiger partial charge on any atom is -0.351 e. The summed E-state index contributed by atoms with van der Waals surface area (Å²) in [7, 11) is 0. The standard InChI is InChI=1S/C14H21N3O3/c1-3-4-7-12(15)14(18)16-9-11-6-5-8-13(10(11)2)17(19)20/h5-6,8,12H,3-4,7,9,15H2,1-2H3,(H,16,18). The van der Waals surface area contributed by atoms with E-state index in [0.29, 0.717) is 12.0 Å². The van der Waals surface area contributed by atoms with E-state index in [1.165, 1.54) is 6.07 Å². The number of nitrogens with one attached hydrogen (secondary N) is 1. The zero-order chi connectivity index (χ0) is 15.1. The molecular formula is C14H21N3O3. The van der Waals surface area contributed by atoms with Gasteiger partial charge in [-0.25, -0.2) is 0 Å². The molecule has 6 nitrogen and oxygen atoms in total. The number of nitrogens with two attached hydrogens (primary N) is 1. The normalized spacial score (nSPS) is 11.9. The van der Waals surface area contributed by atoms with Crippen LogP contribution in [0.1, 0.15) is 37.3 Å². The van der Waals surface area contributed by atoms with Crippen molar-refractivity contribution in [3.8, 4) is 0 Å². The van der Waals surface area contributed by atoms with Crippen LogP contribution in [0.15, 0.2) is 18.2 Å². The van der Waals surface area contributed by atoms with Crippen molar-refractivity contribution in [2.75, 3.05) is 0 Å². The molecule has 0 saturated heterocycles. The fourth-order valence-corrected chi connectivity index (χ4v) is 1.93. The maximum absolute atomic E-state index is 11.8. The highest BCUT2D eigenvalue weighted by Gasteiger charge is 2.15. The number of hydrogen-bond donors (Lipinski definition) is 2. The third-order valence-corrected chi connectivity index (χ3v) is 3.27. The summed E-state index contributed by atoms with van der Waals surface area (Å²) in [5.41, 5.74) is 7.13. The molecule has 0 aliphatic carbocycles. The average molecular weight is 279 g/mol. The average Bonchev–Trinajstić information content (AvgIpc) is 2.42. The van der Waals surface area contributed by atoms with Crippen molar-refractivity contribution in [2.24, 2.45) is 5.73 Å². The van der Waals surface area contributed by atoms with Crippen LogP contribution >= 0.6 is 0 Å². The van der Waals surface area contributed by atoms with E-state index in [1.54, 1.807) is 19.1 Å². The van der Waals surface area contributed by atoms with Gasteiger partial charge in [-0.05, 0) is 18.9 Å². The summed E-state index contributed by atoms with van der Waals surface area (Å²) < 4.78 is 0. The van der Waals surface area contributed by atoms with Gasteiger partial charge in [-0.2, -0.15) is 0 Å². The van der Waals surface area contributed by atoms with Crippen molar-refractivity contribution in [3.63, 3.8) is 0 Å². The maximum Gasteiger partial charge on any atom is 0.272 e. The third kappa shape index (κ3) is 4.31. The minimum atomic E-state index is -0.519. The van der Waals surface area contributed by atoms with Crippen molar-refractivity contribution in [1.82, 2.24) is 5.32 Å². The predicted octanol–water partition coefficient (Wildman–Crippen LogP) is 2.04. The van der Waals surface area contributed by atoms with Gasteiger partial charge in [0.15, 0.2) is 0 Å². The minimum absolute atomic E-state index is 0.0621. The Balaban J connectivity index is 2.64. The van der Waals surface area contributed by atoms with Crippen molar-refractivity contribution in [3.05, 3.63) is 39.4 Å². The molecule has 0 heterocycles. The highest BCUT2D eigenvalue weighted by atomic mass is 16.6. The molecule has 20 heavy (non-hydrogen) atoms. The number of nitro groups is 1. The Bertz CT molecular complexity index is 489. The van der Waals surface area contributed by atoms with Gasteiger partial charge in [0.25, 0.3) is 5.69 Å². The lowest BCUT2D eigenvalue weighted by atomic mass is 10.1. The van der Waals surface area contributed by atoms with E-state index in [4.69, 9.17) is 5.73 Å². The first-order valence-electron chi connectivity index (χ1n) is 6.73. The molecule has 1 aromatic rings. The van der Waals surface area contributed by atoms with Crippen LogP contribution in [0.2, 0.25) is 0 Å². The molecule has 6 heteroatoms. The van der Waals surface area contributed by atoms with E-state index in [9.17, 15) is 14.9 Å². The number of nitrogens with zero attached hydrogens (tertiary/aromatic N) is 1. The van der Waals surface area contributed by atoms with Gasteiger partial charge in [0.1, 0.15) is 0 Å². The summed E-state index contributed by atoms with van der Waals surface area (Å²) >= 11 is 0. The van der Waals surface area contributed by atoms with Crippen molar-refractivity contribution in [1.29, 1.82) is 0 Å². The Morgan fingerprint density at radius 2 is 2.20 bits per heavy atom. The SMILES string of the molecule is CCCCC(N)C(=O)NCc1cccc([N+](=O)[O-])c1C. The quantitative estimate of drug-likeness (QED) is 0.589. The molecule has 0 aromatic heterocycles. The van der Waals surface area contributed by atoms with E-state index < -0.39 is 11.0 Å². The van der Waals surface area contributed by atoms with Crippen LogP contribution in [0, 0.1) is 17.0 Å². The molecule has 0 bridgehead atoms. The summed E-state index contributed by atoms with van der Waals surface area (Å²) in [6.07, 6.45) is 2.55. The zero-order valence-corrected chi connectivity index (χ0v) is 11.9. The number of hydrogen-bond acceptors (Lipinski definition) is 4. The van der Waals surface area contributed by atoms with Crippen LogP contribution in [0.4, 0.5) is 5.69 Å². The summed E-state index contributed by atoms with van der Waals surface area (Å²) in [5.74, 6) is -0.218. The fourth-order valence-electron chi connectivity index (χ4n) is 1.93. The molecule has 3 N–H and O–H groups in total. The van der Waals surface area contributed by atoms with Crippen LogP contribution in [-0.4, -0.2) is 16.9 Å². The number of nitro benzene ring substituents is 1. The lowest BCUT2D eigenvalue weighted by molar-refractivity contribution is -0.385. The molecule has 110 valence electrons. The number of carbonyl (C=O) groups excluding carboxylic acids is 1. The lowest BCUT2D eigenvalue weighted by Gasteiger charge is -2.12. The van der Waals surface area contributed by atoms with Crippen LogP contribution in [-0.2, 0) is 11.3 Å². The second-order valence-electron chi connectivity index (χ2n) is 4.78. The molecular weight excluding hydrogens is 258 g/mol. The lowest BCUT2D eigenvalue weighted by Crippen LogP contribution is -2.40. The van der Waals surface area contributed by atoms with E-state index in [2.05, 4.69) is 5.32 Å². The van der Waals surface area contributed by atoms with Crippen molar-refractivity contribution >= 4 is 11.6 Å². The number of amides is 1. The van der Waals surface area contributed by atoms with E-state index in [0.717, 1.165) is 18.4 Å². The van der Waals surface area contributed by atoms with E-state index >= 15 is 0 Å². The van der Waals surface area contributed by atoms with Crippen LogP contribution < -0.4 is 11.1 Å². The molecule has 0 saturated carbocycles. The summed E-state index contributed by atoms with van der Waals surface area (Å²) in [4.78, 5) is 22.2. The Morgan fingerprint density at radius 1 is 1.50 bits per heavy atom. The third-order valence-electron chi connectivity index (χ3n) is 3.27. The van der Waals surface area contributed by atoms with Gasteiger partial charge in [0, 0.05) is 18.2 Å². The van der Waals surface area contributed by atoms with Crippen LogP contribution in [0.5, 0.6) is 0 Å². The monoisotopic (exact) mass is 279 g/mol. The fraction of sp³-hybridized carbons (Fsp3) is 0.500. The largest absolute Gasteiger partial charge is 0.351 e. The first-order chi connectivity index (χ1) is 9.47. The van der Waals surface area contributed by atoms with E-state index in [-0.39, 0.29) is 18.1 Å². The van der Waals surface area contributed by atoms with Gasteiger partial charge >= 0.3 is 0 Å². The van der Waals surface area contributed by atoms with Gasteiger partial charge < -0.3 is 11.1 Å². The van der Waals surface area contributed by atoms with Gasteiger partial charge in [0.2, 0.25) is 5.91 Å².